The Hall–Kier alpha value is -2.32. The molecule has 0 aliphatic carbocycles. The summed E-state index contributed by atoms with van der Waals surface area (Å²) < 4.78 is 16.6. The van der Waals surface area contributed by atoms with Gasteiger partial charge in [0, 0.05) is 30.1 Å². The number of para-hydroxylation sites is 1. The molecule has 0 aromatic heterocycles. The predicted octanol–water partition coefficient (Wildman–Crippen LogP) is 4.46. The number of anilines is 1. The van der Waals surface area contributed by atoms with Crippen LogP contribution in [0.25, 0.3) is 6.08 Å². The van der Waals surface area contributed by atoms with Gasteiger partial charge in [-0.2, -0.15) is 0 Å². The van der Waals surface area contributed by atoms with Crippen LogP contribution >= 0.6 is 7.37 Å². The van der Waals surface area contributed by atoms with Gasteiger partial charge in [-0.05, 0) is 24.3 Å². The van der Waals surface area contributed by atoms with Crippen LogP contribution in [0.5, 0.6) is 0 Å². The fourth-order valence-electron chi connectivity index (χ4n) is 1.79. The van der Waals surface area contributed by atoms with Crippen molar-refractivity contribution in [3.05, 3.63) is 72.0 Å². The number of nitrogens with one attached hydrogen (secondary N) is 1. The lowest BCUT2D eigenvalue weighted by molar-refractivity contribution is 0.102. The zero-order chi connectivity index (χ0) is 16.0. The van der Waals surface area contributed by atoms with E-state index in [1.165, 1.54) is 6.26 Å². The maximum Gasteiger partial charge on any atom is 0.255 e. The van der Waals surface area contributed by atoms with Crippen LogP contribution in [-0.4, -0.2) is 19.2 Å². The summed E-state index contributed by atoms with van der Waals surface area (Å²) in [6.45, 7) is 3.08. The smallest absolute Gasteiger partial charge is 0.255 e. The average molecular weight is 315 g/mol. The van der Waals surface area contributed by atoms with E-state index < -0.39 is 7.37 Å². The second-order valence-corrected chi connectivity index (χ2v) is 7.78. The van der Waals surface area contributed by atoms with E-state index in [4.69, 9.17) is 4.52 Å². The normalized spacial score (nSPS) is 11.4. The van der Waals surface area contributed by atoms with Gasteiger partial charge >= 0.3 is 0 Å². The van der Waals surface area contributed by atoms with E-state index in [0.717, 1.165) is 5.56 Å². The first-order chi connectivity index (χ1) is 10.5. The topological polar surface area (TPSA) is 55.4 Å². The van der Waals surface area contributed by atoms with Crippen LogP contribution in [0.4, 0.5) is 5.69 Å². The molecule has 0 radical (unpaired) electrons. The Bertz CT molecular complexity index is 720. The van der Waals surface area contributed by atoms with Crippen molar-refractivity contribution in [1.29, 1.82) is 0 Å². The van der Waals surface area contributed by atoms with E-state index in [9.17, 15) is 9.36 Å². The molecule has 4 nitrogen and oxygen atoms in total. The number of carbonyl (C=O) groups excluding carboxylic acids is 1. The van der Waals surface area contributed by atoms with Crippen molar-refractivity contribution in [2.75, 3.05) is 18.6 Å². The van der Waals surface area contributed by atoms with Crippen LogP contribution in [0.2, 0.25) is 0 Å². The van der Waals surface area contributed by atoms with Gasteiger partial charge in [-0.1, -0.05) is 36.4 Å². The molecular weight excluding hydrogens is 297 g/mol. The summed E-state index contributed by atoms with van der Waals surface area (Å²) in [5.74, 6) is -0.181. The number of rotatable bonds is 5. The van der Waals surface area contributed by atoms with Crippen molar-refractivity contribution in [3.8, 4) is 0 Å². The molecule has 1 N–H and O–H groups in total. The van der Waals surface area contributed by atoms with Gasteiger partial charge in [0.25, 0.3) is 5.91 Å². The first-order valence-corrected chi connectivity index (χ1v) is 9.33. The van der Waals surface area contributed by atoms with E-state index in [-0.39, 0.29) is 5.91 Å². The lowest BCUT2D eigenvalue weighted by Crippen LogP contribution is -2.12. The quantitative estimate of drug-likeness (QED) is 0.654. The van der Waals surface area contributed by atoms with Crippen LogP contribution in [0, 0.1) is 0 Å². The van der Waals surface area contributed by atoms with Gasteiger partial charge in [0.15, 0.2) is 0 Å². The fraction of sp³-hybridized carbons (Fsp3) is 0.118. The molecule has 0 saturated carbocycles. The van der Waals surface area contributed by atoms with Crippen molar-refractivity contribution < 1.29 is 13.9 Å². The van der Waals surface area contributed by atoms with E-state index in [2.05, 4.69) is 5.32 Å². The minimum Gasteiger partial charge on any atom is -0.451 e. The maximum atomic E-state index is 12.2. The third-order valence-electron chi connectivity index (χ3n) is 2.81. The summed E-state index contributed by atoms with van der Waals surface area (Å²) in [6, 6.07) is 16.3. The van der Waals surface area contributed by atoms with Gasteiger partial charge in [-0.25, -0.2) is 0 Å². The SMILES string of the molecule is CP(C)(=O)OC=Cc1ccccc1NC(=O)c1ccccc1. The van der Waals surface area contributed by atoms with Crippen molar-refractivity contribution >= 4 is 25.0 Å². The molecule has 2 aromatic rings. The molecule has 0 bridgehead atoms. The van der Waals surface area contributed by atoms with Crippen LogP contribution in [0.3, 0.4) is 0 Å². The highest BCUT2D eigenvalue weighted by Crippen LogP contribution is 2.37. The zero-order valence-electron chi connectivity index (χ0n) is 12.5. The molecule has 0 heterocycles. The summed E-state index contributed by atoms with van der Waals surface area (Å²) in [5.41, 5.74) is 2.03. The first-order valence-electron chi connectivity index (χ1n) is 6.81. The average Bonchev–Trinajstić information content (AvgIpc) is 2.48. The van der Waals surface area contributed by atoms with Crippen molar-refractivity contribution in [2.24, 2.45) is 0 Å². The van der Waals surface area contributed by atoms with Crippen molar-refractivity contribution in [2.45, 2.75) is 0 Å². The summed E-state index contributed by atoms with van der Waals surface area (Å²) in [7, 11) is -2.57. The fourth-order valence-corrected chi connectivity index (χ4v) is 2.14. The number of hydrogen-bond donors (Lipinski definition) is 1. The summed E-state index contributed by atoms with van der Waals surface area (Å²) >= 11 is 0. The summed E-state index contributed by atoms with van der Waals surface area (Å²) in [4.78, 5) is 12.2. The Balaban J connectivity index is 2.15. The minimum absolute atomic E-state index is 0.181. The number of hydrogen-bond acceptors (Lipinski definition) is 3. The summed E-state index contributed by atoms with van der Waals surface area (Å²) in [6.07, 6.45) is 3.08. The Morgan fingerprint density at radius 3 is 2.36 bits per heavy atom. The second kappa shape index (κ2) is 7.10. The van der Waals surface area contributed by atoms with Crippen molar-refractivity contribution in [3.63, 3.8) is 0 Å². The molecule has 0 spiro atoms. The molecule has 0 aliphatic rings. The largest absolute Gasteiger partial charge is 0.451 e. The van der Waals surface area contributed by atoms with Crippen LogP contribution in [-0.2, 0) is 9.09 Å². The minimum atomic E-state index is -2.57. The number of amides is 1. The third kappa shape index (κ3) is 4.90. The van der Waals surface area contributed by atoms with E-state index in [0.29, 0.717) is 11.3 Å². The molecule has 0 atom stereocenters. The van der Waals surface area contributed by atoms with Gasteiger partial charge in [0.2, 0.25) is 7.37 Å². The van der Waals surface area contributed by atoms with E-state index in [1.54, 1.807) is 37.6 Å². The van der Waals surface area contributed by atoms with Gasteiger partial charge < -0.3 is 9.84 Å². The van der Waals surface area contributed by atoms with Crippen LogP contribution in [0.1, 0.15) is 15.9 Å². The number of benzene rings is 2. The molecule has 0 aliphatic heterocycles. The molecule has 1 amide bonds. The highest BCUT2D eigenvalue weighted by Gasteiger charge is 2.08. The van der Waals surface area contributed by atoms with Gasteiger partial charge in [-0.3, -0.25) is 9.36 Å². The predicted molar refractivity (Wildman–Crippen MR) is 90.4 cm³/mol. The van der Waals surface area contributed by atoms with E-state index in [1.807, 2.05) is 36.4 Å². The molecule has 0 unspecified atom stereocenters. The van der Waals surface area contributed by atoms with Crippen LogP contribution < -0.4 is 5.32 Å². The first kappa shape index (κ1) is 16.1. The molecule has 22 heavy (non-hydrogen) atoms. The number of carbonyl (C=O) groups is 1. The van der Waals surface area contributed by atoms with E-state index >= 15 is 0 Å². The Morgan fingerprint density at radius 1 is 1.05 bits per heavy atom. The molecule has 2 rings (SSSR count). The molecule has 2 aromatic carbocycles. The van der Waals surface area contributed by atoms with Gasteiger partial charge in [0.1, 0.15) is 0 Å². The molecular formula is C17H18NO3P. The molecule has 5 heteroatoms. The monoisotopic (exact) mass is 315 g/mol. The lowest BCUT2D eigenvalue weighted by atomic mass is 10.1. The zero-order valence-corrected chi connectivity index (χ0v) is 13.4. The van der Waals surface area contributed by atoms with Gasteiger partial charge in [-0.15, -0.1) is 0 Å². The van der Waals surface area contributed by atoms with Crippen molar-refractivity contribution in [1.82, 2.24) is 0 Å². The second-order valence-electron chi connectivity index (χ2n) is 5.07. The standard InChI is InChI=1S/C17H18NO3P/c1-22(2,20)21-13-12-14-8-6-7-11-16(14)18-17(19)15-9-4-3-5-10-15/h3-13H,1-2H3,(H,18,19). The lowest BCUT2D eigenvalue weighted by Gasteiger charge is -2.09. The highest BCUT2D eigenvalue weighted by atomic mass is 31.2. The van der Waals surface area contributed by atoms with Crippen LogP contribution in [0.15, 0.2) is 60.9 Å². The highest BCUT2D eigenvalue weighted by molar-refractivity contribution is 7.57. The van der Waals surface area contributed by atoms with Gasteiger partial charge in [0.05, 0.1) is 6.26 Å². The molecule has 114 valence electrons. The summed E-state index contributed by atoms with van der Waals surface area (Å²) in [5, 5.41) is 2.86. The molecule has 0 fully saturated rings. The third-order valence-corrected chi connectivity index (χ3v) is 3.44. The Kier molecular flexibility index (Phi) is 5.18. The maximum absolute atomic E-state index is 12.2. The molecule has 0 saturated heterocycles. The Morgan fingerprint density at radius 2 is 1.68 bits per heavy atom. The Labute approximate surface area is 130 Å².